The Bertz CT molecular complexity index is 391. The molecule has 7 nitrogen and oxygen atoms in total. The van der Waals surface area contributed by atoms with Gasteiger partial charge in [0.25, 0.3) is 0 Å². The predicted octanol–water partition coefficient (Wildman–Crippen LogP) is 0.289. The lowest BCUT2D eigenvalue weighted by atomic mass is 9.77. The van der Waals surface area contributed by atoms with Crippen LogP contribution < -0.4 is 10.6 Å². The minimum Gasteiger partial charge on any atom is -0.480 e. The van der Waals surface area contributed by atoms with Crippen LogP contribution >= 0.6 is 0 Å². The van der Waals surface area contributed by atoms with Gasteiger partial charge in [-0.3, -0.25) is 9.59 Å². The zero-order valence-electron chi connectivity index (χ0n) is 12.6. The second kappa shape index (κ2) is 7.97. The first-order valence-corrected chi connectivity index (χ1v) is 7.26. The van der Waals surface area contributed by atoms with E-state index in [1.165, 1.54) is 7.11 Å². The average molecular weight is 300 g/mol. The van der Waals surface area contributed by atoms with E-state index in [1.54, 1.807) is 0 Å². The second-order valence-electron chi connectivity index (χ2n) is 5.39. The topological polar surface area (TPSA) is 105 Å². The number of piperidine rings is 1. The number of hydrogen-bond acceptors (Lipinski definition) is 5. The molecule has 1 aliphatic rings. The lowest BCUT2D eigenvalue weighted by Crippen LogP contribution is -2.54. The van der Waals surface area contributed by atoms with Crippen LogP contribution in [-0.2, 0) is 19.1 Å². The number of esters is 1. The summed E-state index contributed by atoms with van der Waals surface area (Å²) < 4.78 is 4.49. The van der Waals surface area contributed by atoms with Gasteiger partial charge in [-0.1, -0.05) is 6.92 Å². The molecule has 1 heterocycles. The molecular formula is C14H24N2O5. The van der Waals surface area contributed by atoms with Gasteiger partial charge in [-0.2, -0.15) is 0 Å². The van der Waals surface area contributed by atoms with Gasteiger partial charge in [0.05, 0.1) is 12.5 Å². The van der Waals surface area contributed by atoms with Crippen molar-refractivity contribution in [2.24, 2.45) is 5.41 Å². The number of carbonyl (C=O) groups is 3. The van der Waals surface area contributed by atoms with Crippen LogP contribution in [0.2, 0.25) is 0 Å². The lowest BCUT2D eigenvalue weighted by Gasteiger charge is -2.36. The summed E-state index contributed by atoms with van der Waals surface area (Å²) in [5.41, 5.74) is -0.558. The Labute approximate surface area is 124 Å². The van der Waals surface area contributed by atoms with Crippen molar-refractivity contribution >= 4 is 17.8 Å². The van der Waals surface area contributed by atoms with Gasteiger partial charge >= 0.3 is 11.9 Å². The van der Waals surface area contributed by atoms with Crippen LogP contribution in [0.15, 0.2) is 0 Å². The number of amides is 1. The number of methoxy groups -OCH3 is 1. The van der Waals surface area contributed by atoms with Crippen LogP contribution in [0.1, 0.15) is 39.0 Å². The van der Waals surface area contributed by atoms with Gasteiger partial charge in [0, 0.05) is 13.0 Å². The van der Waals surface area contributed by atoms with E-state index in [-0.39, 0.29) is 18.7 Å². The molecule has 120 valence electrons. The van der Waals surface area contributed by atoms with E-state index < -0.39 is 23.4 Å². The SMILES string of the molecule is CCC1(C(=O)NC(CCC(=O)OC)C(=O)O)CCCNC1. The van der Waals surface area contributed by atoms with Crippen molar-refractivity contribution in [1.29, 1.82) is 0 Å². The molecule has 1 amide bonds. The van der Waals surface area contributed by atoms with Crippen molar-refractivity contribution in [2.45, 2.75) is 45.1 Å². The number of aliphatic carboxylic acids is 1. The van der Waals surface area contributed by atoms with Crippen LogP contribution in [-0.4, -0.2) is 49.2 Å². The van der Waals surface area contributed by atoms with Crippen LogP contribution in [0.4, 0.5) is 0 Å². The van der Waals surface area contributed by atoms with Crippen LogP contribution in [0.5, 0.6) is 0 Å². The molecule has 21 heavy (non-hydrogen) atoms. The number of carboxylic acid groups (broad SMARTS) is 1. The van der Waals surface area contributed by atoms with Gasteiger partial charge in [-0.05, 0) is 32.2 Å². The van der Waals surface area contributed by atoms with Crippen LogP contribution in [0.3, 0.4) is 0 Å². The molecule has 2 atom stereocenters. The molecule has 0 aliphatic carbocycles. The van der Waals surface area contributed by atoms with Crippen molar-refractivity contribution < 1.29 is 24.2 Å². The maximum atomic E-state index is 12.4. The van der Waals surface area contributed by atoms with Gasteiger partial charge in [0.1, 0.15) is 6.04 Å². The number of carboxylic acids is 1. The van der Waals surface area contributed by atoms with Crippen molar-refractivity contribution in [1.82, 2.24) is 10.6 Å². The zero-order valence-corrected chi connectivity index (χ0v) is 12.6. The molecule has 1 rings (SSSR count). The Kier molecular flexibility index (Phi) is 6.61. The van der Waals surface area contributed by atoms with E-state index in [0.717, 1.165) is 19.4 Å². The highest BCUT2D eigenvalue weighted by atomic mass is 16.5. The second-order valence-corrected chi connectivity index (χ2v) is 5.39. The average Bonchev–Trinajstić information content (AvgIpc) is 2.50. The lowest BCUT2D eigenvalue weighted by molar-refractivity contribution is -0.146. The molecule has 0 aromatic carbocycles. The Balaban J connectivity index is 2.66. The number of ether oxygens (including phenoxy) is 1. The van der Waals surface area contributed by atoms with Gasteiger partial charge in [-0.25, -0.2) is 4.79 Å². The third-order valence-electron chi connectivity index (χ3n) is 4.10. The molecule has 1 aliphatic heterocycles. The number of rotatable bonds is 7. The summed E-state index contributed by atoms with van der Waals surface area (Å²) in [5.74, 6) is -1.88. The summed E-state index contributed by atoms with van der Waals surface area (Å²) in [4.78, 5) is 34.8. The maximum absolute atomic E-state index is 12.4. The standard InChI is InChI=1S/C14H24N2O5/c1-3-14(7-4-8-15-9-14)13(20)16-10(12(18)19)5-6-11(17)21-2/h10,15H,3-9H2,1-2H3,(H,16,20)(H,18,19). The molecule has 0 radical (unpaired) electrons. The quantitative estimate of drug-likeness (QED) is 0.584. The monoisotopic (exact) mass is 300 g/mol. The number of nitrogens with one attached hydrogen (secondary N) is 2. The van der Waals surface area contributed by atoms with E-state index in [9.17, 15) is 19.5 Å². The molecule has 7 heteroatoms. The molecular weight excluding hydrogens is 276 g/mol. The Hall–Kier alpha value is -1.63. The van der Waals surface area contributed by atoms with Gasteiger partial charge in [0.2, 0.25) is 5.91 Å². The van der Waals surface area contributed by atoms with Crippen molar-refractivity contribution in [3.05, 3.63) is 0 Å². The Morgan fingerprint density at radius 3 is 2.62 bits per heavy atom. The molecule has 0 aromatic heterocycles. The van der Waals surface area contributed by atoms with Crippen molar-refractivity contribution in [3.8, 4) is 0 Å². The van der Waals surface area contributed by atoms with E-state index >= 15 is 0 Å². The molecule has 0 saturated carbocycles. The summed E-state index contributed by atoms with van der Waals surface area (Å²) in [7, 11) is 1.25. The fourth-order valence-corrected chi connectivity index (χ4v) is 2.56. The summed E-state index contributed by atoms with van der Waals surface area (Å²) >= 11 is 0. The van der Waals surface area contributed by atoms with Gasteiger partial charge in [-0.15, -0.1) is 0 Å². The summed E-state index contributed by atoms with van der Waals surface area (Å²) in [6.45, 7) is 3.36. The highest BCUT2D eigenvalue weighted by molar-refractivity contribution is 5.88. The first kappa shape index (κ1) is 17.4. The number of carbonyl (C=O) groups excluding carboxylic acids is 2. The highest BCUT2D eigenvalue weighted by Gasteiger charge is 2.39. The van der Waals surface area contributed by atoms with Gasteiger partial charge in [0.15, 0.2) is 0 Å². The Morgan fingerprint density at radius 2 is 2.14 bits per heavy atom. The largest absolute Gasteiger partial charge is 0.480 e. The van der Waals surface area contributed by atoms with Crippen LogP contribution in [0.25, 0.3) is 0 Å². The summed E-state index contributed by atoms with van der Waals surface area (Å²) in [6, 6.07) is -1.07. The first-order chi connectivity index (χ1) is 9.95. The summed E-state index contributed by atoms with van der Waals surface area (Å²) in [5, 5.41) is 14.9. The normalized spacial score (nSPS) is 23.1. The molecule has 0 aromatic rings. The van der Waals surface area contributed by atoms with E-state index in [1.807, 2.05) is 6.92 Å². The van der Waals surface area contributed by atoms with Gasteiger partial charge < -0.3 is 20.5 Å². The molecule has 1 fully saturated rings. The molecule has 2 unspecified atom stereocenters. The molecule has 0 bridgehead atoms. The summed E-state index contributed by atoms with van der Waals surface area (Å²) in [6.07, 6.45) is 2.27. The highest BCUT2D eigenvalue weighted by Crippen LogP contribution is 2.30. The molecule has 1 saturated heterocycles. The fourth-order valence-electron chi connectivity index (χ4n) is 2.56. The first-order valence-electron chi connectivity index (χ1n) is 7.26. The minimum atomic E-state index is -1.14. The maximum Gasteiger partial charge on any atom is 0.326 e. The fraction of sp³-hybridized carbons (Fsp3) is 0.786. The van der Waals surface area contributed by atoms with E-state index in [4.69, 9.17) is 0 Å². The van der Waals surface area contributed by atoms with Crippen molar-refractivity contribution in [2.75, 3.05) is 20.2 Å². The third kappa shape index (κ3) is 4.70. The van der Waals surface area contributed by atoms with E-state index in [2.05, 4.69) is 15.4 Å². The smallest absolute Gasteiger partial charge is 0.326 e. The molecule has 0 spiro atoms. The van der Waals surface area contributed by atoms with Crippen LogP contribution in [0, 0.1) is 5.41 Å². The Morgan fingerprint density at radius 1 is 1.43 bits per heavy atom. The third-order valence-corrected chi connectivity index (χ3v) is 4.10. The van der Waals surface area contributed by atoms with E-state index in [0.29, 0.717) is 13.0 Å². The predicted molar refractivity (Wildman–Crippen MR) is 75.6 cm³/mol. The zero-order chi connectivity index (χ0) is 15.9. The number of hydrogen-bond donors (Lipinski definition) is 3. The molecule has 3 N–H and O–H groups in total. The van der Waals surface area contributed by atoms with Crippen molar-refractivity contribution in [3.63, 3.8) is 0 Å². The minimum absolute atomic E-state index is 0.0287.